The Balaban J connectivity index is 1.75. The molecule has 0 spiro atoms. The van der Waals surface area contributed by atoms with Crippen molar-refractivity contribution in [3.05, 3.63) is 29.8 Å². The number of benzene rings is 1. The molecule has 0 bridgehead atoms. The van der Waals surface area contributed by atoms with Crippen molar-refractivity contribution in [2.45, 2.75) is 68.3 Å². The van der Waals surface area contributed by atoms with Crippen LogP contribution in [0.3, 0.4) is 0 Å². The predicted octanol–water partition coefficient (Wildman–Crippen LogP) is -3.13. The van der Waals surface area contributed by atoms with Gasteiger partial charge in [-0.05, 0) is 19.1 Å². The number of aliphatic hydroxyl groups is 7. The summed E-state index contributed by atoms with van der Waals surface area (Å²) in [6, 6.07) is 6.01. The molecular weight excluding hydrogens is 460 g/mol. The summed E-state index contributed by atoms with van der Waals surface area (Å²) >= 11 is 0. The molecule has 0 unspecified atom stereocenters. The lowest BCUT2D eigenvalue weighted by molar-refractivity contribution is -0.352. The smallest absolute Gasteiger partial charge is 0.341 e. The molecule has 1 aromatic rings. The third-order valence-corrected chi connectivity index (χ3v) is 5.59. The first-order valence-electron chi connectivity index (χ1n) is 10.7. The zero-order chi connectivity index (χ0) is 25.0. The van der Waals surface area contributed by atoms with E-state index in [-0.39, 0.29) is 17.9 Å². The minimum Gasteiger partial charge on any atom is -0.462 e. The number of esters is 1. The van der Waals surface area contributed by atoms with Crippen molar-refractivity contribution in [3.8, 4) is 5.75 Å². The number of carbonyl (C=O) groups excluding carboxylic acids is 1. The summed E-state index contributed by atoms with van der Waals surface area (Å²) in [4.78, 5) is 12.2. The van der Waals surface area contributed by atoms with Crippen molar-refractivity contribution in [2.24, 2.45) is 0 Å². The maximum atomic E-state index is 12.2. The number of hydrogen-bond acceptors (Lipinski definition) is 13. The van der Waals surface area contributed by atoms with E-state index in [1.54, 1.807) is 19.1 Å². The Hall–Kier alpha value is -1.91. The van der Waals surface area contributed by atoms with Crippen molar-refractivity contribution in [1.82, 2.24) is 0 Å². The van der Waals surface area contributed by atoms with Gasteiger partial charge >= 0.3 is 5.97 Å². The molecule has 10 atom stereocenters. The highest BCUT2D eigenvalue weighted by Crippen LogP contribution is 2.31. The molecule has 0 radical (unpaired) electrons. The lowest BCUT2D eigenvalue weighted by atomic mass is 9.97. The Morgan fingerprint density at radius 2 is 1.47 bits per heavy atom. The van der Waals surface area contributed by atoms with E-state index in [1.807, 2.05) is 0 Å². The van der Waals surface area contributed by atoms with Gasteiger partial charge in [-0.1, -0.05) is 12.1 Å². The van der Waals surface area contributed by atoms with Gasteiger partial charge < -0.3 is 59.4 Å². The second kappa shape index (κ2) is 11.7. The highest BCUT2D eigenvalue weighted by atomic mass is 16.7. The molecule has 3 rings (SSSR count). The number of hydrogen-bond donors (Lipinski definition) is 7. The van der Waals surface area contributed by atoms with Gasteiger partial charge in [0.2, 0.25) is 6.29 Å². The molecule has 13 nitrogen and oxygen atoms in total. The fourth-order valence-corrected chi connectivity index (χ4v) is 3.72. The first kappa shape index (κ1) is 26.7. The van der Waals surface area contributed by atoms with E-state index in [4.69, 9.17) is 23.7 Å². The molecule has 0 aromatic heterocycles. The van der Waals surface area contributed by atoms with Crippen LogP contribution in [-0.4, -0.2) is 123 Å². The van der Waals surface area contributed by atoms with E-state index in [1.165, 1.54) is 12.1 Å². The molecule has 0 saturated carbocycles. The Kier molecular flexibility index (Phi) is 9.17. The second-order valence-corrected chi connectivity index (χ2v) is 7.84. The summed E-state index contributed by atoms with van der Waals surface area (Å²) in [5.74, 6) is -0.673. The molecule has 2 aliphatic rings. The highest BCUT2D eigenvalue weighted by Gasteiger charge is 2.51. The van der Waals surface area contributed by atoms with Crippen molar-refractivity contribution < 1.29 is 64.2 Å². The van der Waals surface area contributed by atoms with Crippen LogP contribution in [0.2, 0.25) is 0 Å². The van der Waals surface area contributed by atoms with Gasteiger partial charge in [0.05, 0.1) is 19.8 Å². The minimum atomic E-state index is -1.77. The Morgan fingerprint density at radius 3 is 2.12 bits per heavy atom. The molecule has 192 valence electrons. The van der Waals surface area contributed by atoms with Gasteiger partial charge in [-0.25, -0.2) is 4.79 Å². The third-order valence-electron chi connectivity index (χ3n) is 5.59. The number of ether oxygens (including phenoxy) is 5. The Bertz CT molecular complexity index is 803. The Labute approximate surface area is 194 Å². The molecule has 2 fully saturated rings. The number of carbonyl (C=O) groups is 1. The predicted molar refractivity (Wildman–Crippen MR) is 109 cm³/mol. The lowest BCUT2D eigenvalue weighted by Gasteiger charge is -2.45. The molecule has 13 heteroatoms. The molecule has 1 aromatic carbocycles. The average molecular weight is 490 g/mol. The summed E-state index contributed by atoms with van der Waals surface area (Å²) in [5, 5.41) is 70.4. The van der Waals surface area contributed by atoms with Gasteiger partial charge in [-0.2, -0.15) is 0 Å². The van der Waals surface area contributed by atoms with Gasteiger partial charge in [0.1, 0.15) is 60.1 Å². The van der Waals surface area contributed by atoms with Crippen molar-refractivity contribution in [3.63, 3.8) is 0 Å². The average Bonchev–Trinajstić information content (AvgIpc) is 2.84. The summed E-state index contributed by atoms with van der Waals surface area (Å²) < 4.78 is 26.9. The highest BCUT2D eigenvalue weighted by molar-refractivity contribution is 5.92. The quantitative estimate of drug-likeness (QED) is 0.180. The van der Waals surface area contributed by atoms with Gasteiger partial charge in [-0.3, -0.25) is 0 Å². The van der Waals surface area contributed by atoms with Gasteiger partial charge in [0, 0.05) is 0 Å². The molecule has 2 aliphatic heterocycles. The van der Waals surface area contributed by atoms with Crippen LogP contribution in [0, 0.1) is 0 Å². The molecule has 34 heavy (non-hydrogen) atoms. The lowest BCUT2D eigenvalue weighted by Crippen LogP contribution is -2.65. The summed E-state index contributed by atoms with van der Waals surface area (Å²) in [6.45, 7) is 0.340. The van der Waals surface area contributed by atoms with E-state index in [0.29, 0.717) is 0 Å². The molecule has 7 N–H and O–H groups in total. The van der Waals surface area contributed by atoms with Crippen LogP contribution < -0.4 is 4.74 Å². The fraction of sp³-hybridized carbons (Fsp3) is 0.667. The topological polar surface area (TPSA) is 205 Å². The second-order valence-electron chi connectivity index (χ2n) is 7.84. The van der Waals surface area contributed by atoms with Gasteiger partial charge in [0.15, 0.2) is 6.29 Å². The zero-order valence-electron chi connectivity index (χ0n) is 18.3. The fourth-order valence-electron chi connectivity index (χ4n) is 3.72. The van der Waals surface area contributed by atoms with E-state index in [9.17, 15) is 40.5 Å². The van der Waals surface area contributed by atoms with Gasteiger partial charge in [0.25, 0.3) is 0 Å². The zero-order valence-corrected chi connectivity index (χ0v) is 18.3. The standard InChI is InChI=1S/C21H30O13/c1-2-30-19(29)9-5-3-4-6-10(9)31-20-17(28)15(26)18(12(8-23)33-20)34-21-16(27)14(25)13(24)11(7-22)32-21/h3-6,11-18,20-28H,2,7-8H2,1H3/t11-,12-,13-,14+,15-,16-,17-,18-,20-,21-/m1/s1. The van der Waals surface area contributed by atoms with E-state index < -0.39 is 80.6 Å². The van der Waals surface area contributed by atoms with E-state index >= 15 is 0 Å². The number of rotatable bonds is 8. The van der Waals surface area contributed by atoms with Crippen LogP contribution in [0.1, 0.15) is 17.3 Å². The van der Waals surface area contributed by atoms with Gasteiger partial charge in [-0.15, -0.1) is 0 Å². The first-order valence-corrected chi connectivity index (χ1v) is 10.7. The molecule has 0 aliphatic carbocycles. The maximum Gasteiger partial charge on any atom is 0.341 e. The minimum absolute atomic E-state index is 0.00203. The third kappa shape index (κ3) is 5.49. The maximum absolute atomic E-state index is 12.2. The monoisotopic (exact) mass is 490 g/mol. The van der Waals surface area contributed by atoms with Crippen LogP contribution in [0.25, 0.3) is 0 Å². The Morgan fingerprint density at radius 1 is 0.853 bits per heavy atom. The molecule has 2 saturated heterocycles. The van der Waals surface area contributed by atoms with Crippen LogP contribution in [0.5, 0.6) is 5.75 Å². The van der Waals surface area contributed by atoms with Crippen molar-refractivity contribution >= 4 is 5.97 Å². The van der Waals surface area contributed by atoms with Crippen LogP contribution in [-0.2, 0) is 18.9 Å². The van der Waals surface area contributed by atoms with E-state index in [2.05, 4.69) is 0 Å². The molecule has 0 amide bonds. The normalized spacial score (nSPS) is 38.4. The largest absolute Gasteiger partial charge is 0.462 e. The van der Waals surface area contributed by atoms with Crippen molar-refractivity contribution in [2.75, 3.05) is 19.8 Å². The first-order chi connectivity index (χ1) is 16.2. The summed E-state index contributed by atoms with van der Waals surface area (Å²) in [7, 11) is 0. The number of aliphatic hydroxyl groups excluding tert-OH is 7. The van der Waals surface area contributed by atoms with Crippen molar-refractivity contribution in [1.29, 1.82) is 0 Å². The SMILES string of the molecule is CCOC(=O)c1ccccc1O[C@@H]1O[C@H](CO)[C@@H](O[C@H]2O[C@H](CO)[C@@H](O)[C@H](O)[C@H]2O)[C@H](O)[C@H]1O. The molecule has 2 heterocycles. The van der Waals surface area contributed by atoms with Crippen LogP contribution in [0.15, 0.2) is 24.3 Å². The van der Waals surface area contributed by atoms with E-state index in [0.717, 1.165) is 0 Å². The summed E-state index contributed by atoms with van der Waals surface area (Å²) in [6.07, 6.45) is -15.8. The number of para-hydroxylation sites is 1. The molecular formula is C21H30O13. The van der Waals surface area contributed by atoms with Crippen LogP contribution >= 0.6 is 0 Å². The van der Waals surface area contributed by atoms with Crippen LogP contribution in [0.4, 0.5) is 0 Å². The summed E-state index contributed by atoms with van der Waals surface area (Å²) in [5.41, 5.74) is 0.0508.